The first kappa shape index (κ1) is 14.4. The Balaban J connectivity index is 2.93. The molecule has 1 rings (SSSR count). The lowest BCUT2D eigenvalue weighted by molar-refractivity contribution is -0.127. The van der Waals surface area contributed by atoms with Crippen LogP contribution in [0.1, 0.15) is 19.0 Å². The van der Waals surface area contributed by atoms with E-state index in [2.05, 4.69) is 16.9 Å². The summed E-state index contributed by atoms with van der Waals surface area (Å²) in [5, 5.41) is 0. The summed E-state index contributed by atoms with van der Waals surface area (Å²) in [5.74, 6) is 0.745. The van der Waals surface area contributed by atoms with Crippen LogP contribution in [0.3, 0.4) is 0 Å². The lowest BCUT2D eigenvalue weighted by Crippen LogP contribution is -2.38. The fraction of sp³-hybridized carbons (Fsp3) is 0.583. The van der Waals surface area contributed by atoms with Gasteiger partial charge in [0.15, 0.2) is 5.82 Å². The van der Waals surface area contributed by atoms with Crippen LogP contribution in [0.15, 0.2) is 12.4 Å². The second-order valence-electron chi connectivity index (χ2n) is 4.24. The molecule has 1 aromatic rings. The summed E-state index contributed by atoms with van der Waals surface area (Å²) in [4.78, 5) is 23.8. The molecule has 0 aliphatic rings. The summed E-state index contributed by atoms with van der Waals surface area (Å²) in [6.45, 7) is 3.43. The third-order valence-electron chi connectivity index (χ3n) is 2.56. The van der Waals surface area contributed by atoms with E-state index in [0.717, 1.165) is 18.7 Å². The second kappa shape index (κ2) is 6.90. The Morgan fingerprint density at radius 1 is 1.33 bits per heavy atom. The number of hydrogen-bond acceptors (Lipinski definition) is 5. The van der Waals surface area contributed by atoms with Gasteiger partial charge in [-0.3, -0.25) is 9.78 Å². The van der Waals surface area contributed by atoms with E-state index in [-0.39, 0.29) is 5.91 Å². The monoisotopic (exact) mass is 251 g/mol. The van der Waals surface area contributed by atoms with Crippen molar-refractivity contribution in [1.29, 1.82) is 0 Å². The fourth-order valence-corrected chi connectivity index (χ4v) is 1.60. The Hall–Kier alpha value is -1.69. The lowest BCUT2D eigenvalue weighted by atomic mass is 10.3. The first-order valence-electron chi connectivity index (χ1n) is 6.05. The molecule has 6 heteroatoms. The van der Waals surface area contributed by atoms with Crippen molar-refractivity contribution in [3.63, 3.8) is 0 Å². The Kier molecular flexibility index (Phi) is 5.51. The largest absolute Gasteiger partial charge is 0.347 e. The molecule has 0 fully saturated rings. The zero-order chi connectivity index (χ0) is 13.5. The molecule has 1 aromatic heterocycles. The molecule has 1 amide bonds. The molecule has 0 unspecified atom stereocenters. The van der Waals surface area contributed by atoms with Crippen LogP contribution in [0.5, 0.6) is 0 Å². The molecule has 0 atom stereocenters. The lowest BCUT2D eigenvalue weighted by Gasteiger charge is -2.25. The van der Waals surface area contributed by atoms with Crippen molar-refractivity contribution in [1.82, 2.24) is 14.9 Å². The van der Waals surface area contributed by atoms with Gasteiger partial charge in [0.2, 0.25) is 5.91 Å². The van der Waals surface area contributed by atoms with E-state index in [1.807, 2.05) is 4.90 Å². The maximum absolute atomic E-state index is 11.8. The summed E-state index contributed by atoms with van der Waals surface area (Å²) in [6, 6.07) is 0. The van der Waals surface area contributed by atoms with Crippen molar-refractivity contribution < 1.29 is 4.79 Å². The molecule has 0 aliphatic carbocycles. The van der Waals surface area contributed by atoms with Gasteiger partial charge in [-0.25, -0.2) is 4.98 Å². The van der Waals surface area contributed by atoms with Gasteiger partial charge in [-0.05, 0) is 6.42 Å². The summed E-state index contributed by atoms with van der Waals surface area (Å²) < 4.78 is 0. The van der Waals surface area contributed by atoms with Crippen LogP contribution < -0.4 is 10.6 Å². The molecular formula is C12H21N5O. The molecule has 6 nitrogen and oxygen atoms in total. The van der Waals surface area contributed by atoms with Crippen LogP contribution in [0.2, 0.25) is 0 Å². The molecule has 0 radical (unpaired) electrons. The van der Waals surface area contributed by atoms with E-state index in [4.69, 9.17) is 5.73 Å². The normalized spacial score (nSPS) is 10.2. The van der Waals surface area contributed by atoms with Gasteiger partial charge in [-0.2, -0.15) is 0 Å². The predicted molar refractivity (Wildman–Crippen MR) is 71.1 cm³/mol. The van der Waals surface area contributed by atoms with Crippen molar-refractivity contribution in [2.24, 2.45) is 5.73 Å². The molecule has 0 bridgehead atoms. The number of rotatable bonds is 6. The standard InChI is InChI=1S/C12H21N5O/c1-4-7-17(9-11(18)16(2)3)12-10(8-13)14-5-6-15-12/h5-6H,4,7-9,13H2,1-3H3. The highest BCUT2D eigenvalue weighted by Crippen LogP contribution is 2.14. The highest BCUT2D eigenvalue weighted by molar-refractivity contribution is 5.80. The minimum atomic E-state index is 0.0390. The van der Waals surface area contributed by atoms with Crippen molar-refractivity contribution in [3.05, 3.63) is 18.1 Å². The molecule has 2 N–H and O–H groups in total. The van der Waals surface area contributed by atoms with Crippen LogP contribution in [-0.4, -0.2) is 48.0 Å². The number of likely N-dealkylation sites (N-methyl/N-ethyl adjacent to an activating group) is 1. The molecule has 0 aliphatic heterocycles. The number of nitrogens with zero attached hydrogens (tertiary/aromatic N) is 4. The highest BCUT2D eigenvalue weighted by atomic mass is 16.2. The van der Waals surface area contributed by atoms with Gasteiger partial charge in [0.05, 0.1) is 12.2 Å². The molecule has 0 saturated carbocycles. The summed E-state index contributed by atoms with van der Waals surface area (Å²) in [7, 11) is 3.49. The number of hydrogen-bond donors (Lipinski definition) is 1. The molecule has 0 aromatic carbocycles. The number of nitrogens with two attached hydrogens (primary N) is 1. The van der Waals surface area contributed by atoms with Gasteiger partial charge in [0.1, 0.15) is 0 Å². The van der Waals surface area contributed by atoms with Crippen molar-refractivity contribution in [2.75, 3.05) is 32.1 Å². The minimum Gasteiger partial charge on any atom is -0.347 e. The van der Waals surface area contributed by atoms with Crippen molar-refractivity contribution in [2.45, 2.75) is 19.9 Å². The molecule has 0 spiro atoms. The average molecular weight is 251 g/mol. The topological polar surface area (TPSA) is 75.4 Å². The van der Waals surface area contributed by atoms with Gasteiger partial charge in [-0.1, -0.05) is 6.92 Å². The van der Waals surface area contributed by atoms with E-state index < -0.39 is 0 Å². The van der Waals surface area contributed by atoms with Crippen molar-refractivity contribution in [3.8, 4) is 0 Å². The van der Waals surface area contributed by atoms with Gasteiger partial charge in [0.25, 0.3) is 0 Å². The molecular weight excluding hydrogens is 230 g/mol. The van der Waals surface area contributed by atoms with Gasteiger partial charge in [0, 0.05) is 39.6 Å². The quantitative estimate of drug-likeness (QED) is 0.784. The number of carbonyl (C=O) groups is 1. The maximum atomic E-state index is 11.8. The highest BCUT2D eigenvalue weighted by Gasteiger charge is 2.16. The zero-order valence-electron chi connectivity index (χ0n) is 11.3. The SMILES string of the molecule is CCCN(CC(=O)N(C)C)c1nccnc1CN. The zero-order valence-corrected chi connectivity index (χ0v) is 11.3. The van der Waals surface area contributed by atoms with Gasteiger partial charge >= 0.3 is 0 Å². The minimum absolute atomic E-state index is 0.0390. The molecule has 18 heavy (non-hydrogen) atoms. The van der Waals surface area contributed by atoms with E-state index in [0.29, 0.717) is 18.9 Å². The molecule has 1 heterocycles. The third kappa shape index (κ3) is 3.66. The van der Waals surface area contributed by atoms with Crippen LogP contribution in [-0.2, 0) is 11.3 Å². The molecule has 100 valence electrons. The first-order chi connectivity index (χ1) is 8.60. The van der Waals surface area contributed by atoms with Gasteiger partial charge in [-0.15, -0.1) is 0 Å². The molecule has 0 saturated heterocycles. The van der Waals surface area contributed by atoms with Crippen LogP contribution >= 0.6 is 0 Å². The second-order valence-corrected chi connectivity index (χ2v) is 4.24. The Bertz CT molecular complexity index is 394. The average Bonchev–Trinajstić information content (AvgIpc) is 2.38. The van der Waals surface area contributed by atoms with Crippen molar-refractivity contribution >= 4 is 11.7 Å². The first-order valence-corrected chi connectivity index (χ1v) is 6.05. The summed E-state index contributed by atoms with van der Waals surface area (Å²) in [5.41, 5.74) is 6.37. The van der Waals surface area contributed by atoms with Gasteiger partial charge < -0.3 is 15.5 Å². The fourth-order valence-electron chi connectivity index (χ4n) is 1.60. The van der Waals surface area contributed by atoms with Crippen LogP contribution in [0.4, 0.5) is 5.82 Å². The number of anilines is 1. The number of amides is 1. The van der Waals surface area contributed by atoms with Crippen LogP contribution in [0, 0.1) is 0 Å². The smallest absolute Gasteiger partial charge is 0.241 e. The third-order valence-corrected chi connectivity index (χ3v) is 2.56. The Morgan fingerprint density at radius 3 is 2.56 bits per heavy atom. The van der Waals surface area contributed by atoms with E-state index >= 15 is 0 Å². The maximum Gasteiger partial charge on any atom is 0.241 e. The van der Waals surface area contributed by atoms with E-state index in [9.17, 15) is 4.79 Å². The van der Waals surface area contributed by atoms with E-state index in [1.165, 1.54) is 0 Å². The summed E-state index contributed by atoms with van der Waals surface area (Å²) >= 11 is 0. The van der Waals surface area contributed by atoms with Crippen LogP contribution in [0.25, 0.3) is 0 Å². The number of aromatic nitrogens is 2. The Morgan fingerprint density at radius 2 is 2.00 bits per heavy atom. The van der Waals surface area contributed by atoms with E-state index in [1.54, 1.807) is 31.4 Å². The Labute approximate surface area is 108 Å². The summed E-state index contributed by atoms with van der Waals surface area (Å²) in [6.07, 6.45) is 4.17. The predicted octanol–water partition coefficient (Wildman–Crippen LogP) is 0.240. The number of carbonyl (C=O) groups excluding carboxylic acids is 1.